The van der Waals surface area contributed by atoms with E-state index in [1.807, 2.05) is 0 Å². The summed E-state index contributed by atoms with van der Waals surface area (Å²) < 4.78 is 4.77. The molecule has 0 fully saturated rings. The third kappa shape index (κ3) is 3.88. The van der Waals surface area contributed by atoms with E-state index in [1.54, 1.807) is 24.3 Å². The molecule has 4 N–H and O–H groups in total. The van der Waals surface area contributed by atoms with Crippen LogP contribution in [0.25, 0.3) is 6.08 Å². The number of benzene rings is 1. The van der Waals surface area contributed by atoms with E-state index >= 15 is 0 Å². The Morgan fingerprint density at radius 1 is 1.31 bits per heavy atom. The maximum Gasteiger partial charge on any atom is 0.331 e. The number of ether oxygens (including phenoxy) is 1. The van der Waals surface area contributed by atoms with Crippen LogP contribution in [0.2, 0.25) is 0 Å². The van der Waals surface area contributed by atoms with E-state index in [0.717, 1.165) is 5.56 Å². The highest BCUT2D eigenvalue weighted by molar-refractivity contribution is 5.87. The molecule has 0 unspecified atom stereocenters. The Bertz CT molecular complexity index is 405. The van der Waals surface area contributed by atoms with E-state index in [0.29, 0.717) is 11.4 Å². The molecule has 84 valence electrons. The van der Waals surface area contributed by atoms with E-state index in [1.165, 1.54) is 12.2 Å². The van der Waals surface area contributed by atoms with Crippen molar-refractivity contribution in [2.45, 2.75) is 0 Å². The fraction of sp³-hybridized carbons (Fsp3) is 0.0833. The summed E-state index contributed by atoms with van der Waals surface area (Å²) in [4.78, 5) is 11.1. The molecule has 0 aliphatic heterocycles. The van der Waals surface area contributed by atoms with Crippen LogP contribution in [0, 0.1) is 0 Å². The van der Waals surface area contributed by atoms with Crippen LogP contribution < -0.4 is 11.5 Å². The molecule has 0 heterocycles. The van der Waals surface area contributed by atoms with Gasteiger partial charge in [-0.1, -0.05) is 12.7 Å². The van der Waals surface area contributed by atoms with E-state index in [-0.39, 0.29) is 6.61 Å². The maximum atomic E-state index is 11.1. The third-order valence-electron chi connectivity index (χ3n) is 1.76. The minimum Gasteiger partial charge on any atom is -0.458 e. The number of rotatable bonds is 4. The van der Waals surface area contributed by atoms with Gasteiger partial charge in [-0.05, 0) is 29.8 Å². The lowest BCUT2D eigenvalue weighted by Gasteiger charge is -2.00. The second-order valence-corrected chi connectivity index (χ2v) is 3.19. The van der Waals surface area contributed by atoms with Crippen molar-refractivity contribution in [2.75, 3.05) is 18.1 Å². The molecule has 4 nitrogen and oxygen atoms in total. The number of anilines is 2. The van der Waals surface area contributed by atoms with E-state index < -0.39 is 5.97 Å². The van der Waals surface area contributed by atoms with E-state index in [4.69, 9.17) is 16.2 Å². The number of carbonyl (C=O) groups excluding carboxylic acids is 1. The second kappa shape index (κ2) is 5.60. The van der Waals surface area contributed by atoms with Gasteiger partial charge in [-0.25, -0.2) is 4.79 Å². The highest BCUT2D eigenvalue weighted by atomic mass is 16.5. The van der Waals surface area contributed by atoms with Crippen LogP contribution in [0.1, 0.15) is 5.56 Å². The third-order valence-corrected chi connectivity index (χ3v) is 1.76. The Morgan fingerprint density at radius 3 is 2.50 bits per heavy atom. The number of carbonyl (C=O) groups is 1. The van der Waals surface area contributed by atoms with Gasteiger partial charge in [0.25, 0.3) is 0 Å². The van der Waals surface area contributed by atoms with Crippen LogP contribution in [0.5, 0.6) is 0 Å². The summed E-state index contributed by atoms with van der Waals surface area (Å²) in [7, 11) is 0. The fourth-order valence-corrected chi connectivity index (χ4v) is 1.15. The van der Waals surface area contributed by atoms with Crippen molar-refractivity contribution in [1.82, 2.24) is 0 Å². The van der Waals surface area contributed by atoms with Gasteiger partial charge in [0.15, 0.2) is 0 Å². The molecule has 0 atom stereocenters. The summed E-state index contributed by atoms with van der Waals surface area (Å²) in [6, 6.07) is 5.08. The van der Waals surface area contributed by atoms with Gasteiger partial charge >= 0.3 is 5.97 Å². The molecular weight excluding hydrogens is 204 g/mol. The van der Waals surface area contributed by atoms with Gasteiger partial charge in [-0.3, -0.25) is 0 Å². The standard InChI is InChI=1S/C12H14N2O2/c1-2-5-16-12(15)4-3-9-6-10(13)8-11(14)7-9/h2-4,6-8H,1,5,13-14H2. The molecule has 0 aromatic heterocycles. The van der Waals surface area contributed by atoms with Crippen LogP contribution in [0.3, 0.4) is 0 Å². The molecule has 0 saturated carbocycles. The molecule has 0 aliphatic carbocycles. The fourth-order valence-electron chi connectivity index (χ4n) is 1.15. The van der Waals surface area contributed by atoms with Crippen molar-refractivity contribution in [3.63, 3.8) is 0 Å². The second-order valence-electron chi connectivity index (χ2n) is 3.19. The van der Waals surface area contributed by atoms with E-state index in [9.17, 15) is 4.79 Å². The zero-order chi connectivity index (χ0) is 12.0. The summed E-state index contributed by atoms with van der Waals surface area (Å²) in [5.74, 6) is -0.430. The molecule has 1 aromatic rings. The van der Waals surface area contributed by atoms with Crippen LogP contribution in [-0.2, 0) is 9.53 Å². The molecule has 0 amide bonds. The van der Waals surface area contributed by atoms with Crippen LogP contribution in [0.4, 0.5) is 11.4 Å². The zero-order valence-corrected chi connectivity index (χ0v) is 8.85. The number of hydrogen-bond acceptors (Lipinski definition) is 4. The first-order valence-electron chi connectivity index (χ1n) is 4.73. The van der Waals surface area contributed by atoms with Crippen LogP contribution in [0.15, 0.2) is 36.9 Å². The van der Waals surface area contributed by atoms with Crippen molar-refractivity contribution in [3.8, 4) is 0 Å². The normalized spacial score (nSPS) is 10.2. The first-order valence-corrected chi connectivity index (χ1v) is 4.73. The van der Waals surface area contributed by atoms with Crippen molar-refractivity contribution >= 4 is 23.4 Å². The summed E-state index contributed by atoms with van der Waals surface area (Å²) in [5.41, 5.74) is 13.1. The van der Waals surface area contributed by atoms with Gasteiger partial charge in [-0.2, -0.15) is 0 Å². The maximum absolute atomic E-state index is 11.1. The highest BCUT2D eigenvalue weighted by Gasteiger charge is 1.96. The first-order chi connectivity index (χ1) is 7.61. The van der Waals surface area contributed by atoms with Gasteiger partial charge < -0.3 is 16.2 Å². The minimum absolute atomic E-state index is 0.197. The monoisotopic (exact) mass is 218 g/mol. The van der Waals surface area contributed by atoms with Crippen molar-refractivity contribution in [2.24, 2.45) is 0 Å². The Balaban J connectivity index is 2.68. The molecule has 1 aromatic carbocycles. The molecule has 4 heteroatoms. The van der Waals surface area contributed by atoms with E-state index in [2.05, 4.69) is 6.58 Å². The van der Waals surface area contributed by atoms with Gasteiger partial charge in [0, 0.05) is 17.5 Å². The Morgan fingerprint density at radius 2 is 1.94 bits per heavy atom. The largest absolute Gasteiger partial charge is 0.458 e. The molecule has 0 bridgehead atoms. The Labute approximate surface area is 94.2 Å². The summed E-state index contributed by atoms with van der Waals surface area (Å²) in [6.07, 6.45) is 4.42. The number of nitrogens with two attached hydrogens (primary N) is 2. The predicted octanol–water partition coefficient (Wildman–Crippen LogP) is 1.59. The van der Waals surface area contributed by atoms with Crippen molar-refractivity contribution in [3.05, 3.63) is 42.5 Å². The quantitative estimate of drug-likeness (QED) is 0.348. The lowest BCUT2D eigenvalue weighted by atomic mass is 10.1. The van der Waals surface area contributed by atoms with Crippen LogP contribution >= 0.6 is 0 Å². The van der Waals surface area contributed by atoms with Gasteiger partial charge in [0.05, 0.1) is 0 Å². The molecule has 1 rings (SSSR count). The van der Waals surface area contributed by atoms with Crippen molar-refractivity contribution in [1.29, 1.82) is 0 Å². The lowest BCUT2D eigenvalue weighted by Crippen LogP contribution is -1.99. The van der Waals surface area contributed by atoms with Gasteiger partial charge in [-0.15, -0.1) is 0 Å². The zero-order valence-electron chi connectivity index (χ0n) is 8.85. The first kappa shape index (κ1) is 11.8. The number of esters is 1. The minimum atomic E-state index is -0.430. The summed E-state index contributed by atoms with van der Waals surface area (Å²) >= 11 is 0. The SMILES string of the molecule is C=CCOC(=O)C=Cc1cc(N)cc(N)c1. The molecule has 0 radical (unpaired) electrons. The average molecular weight is 218 g/mol. The average Bonchev–Trinajstić information content (AvgIpc) is 2.22. The van der Waals surface area contributed by atoms with Gasteiger partial charge in [0.1, 0.15) is 6.61 Å². The van der Waals surface area contributed by atoms with Crippen molar-refractivity contribution < 1.29 is 9.53 Å². The molecule has 0 aliphatic rings. The predicted molar refractivity (Wildman–Crippen MR) is 65.5 cm³/mol. The van der Waals surface area contributed by atoms with Gasteiger partial charge in [0.2, 0.25) is 0 Å². The number of hydrogen-bond donors (Lipinski definition) is 2. The topological polar surface area (TPSA) is 78.3 Å². The molecule has 0 spiro atoms. The smallest absolute Gasteiger partial charge is 0.331 e. The lowest BCUT2D eigenvalue weighted by molar-refractivity contribution is -0.136. The molecule has 0 saturated heterocycles. The molecular formula is C12H14N2O2. The summed E-state index contributed by atoms with van der Waals surface area (Å²) in [5, 5.41) is 0. The Hall–Kier alpha value is -2.23. The highest BCUT2D eigenvalue weighted by Crippen LogP contribution is 2.14. The Kier molecular flexibility index (Phi) is 4.15. The summed E-state index contributed by atoms with van der Waals surface area (Å²) in [6.45, 7) is 3.64. The molecule has 16 heavy (non-hydrogen) atoms. The van der Waals surface area contributed by atoms with Crippen LogP contribution in [-0.4, -0.2) is 12.6 Å². The number of nitrogen functional groups attached to an aromatic ring is 2.